The number of hydrogen-bond acceptors (Lipinski definition) is 18. The molecule has 3 saturated heterocycles. The summed E-state index contributed by atoms with van der Waals surface area (Å²) >= 11 is 0. The van der Waals surface area contributed by atoms with E-state index in [2.05, 4.69) is 13.5 Å². The smallest absolute Gasteiger partial charge is 0.314 e. The van der Waals surface area contributed by atoms with Crippen molar-refractivity contribution in [3.8, 4) is 0 Å². The maximum Gasteiger partial charge on any atom is 0.314 e. The lowest BCUT2D eigenvalue weighted by atomic mass is 9.41. The third-order valence-corrected chi connectivity index (χ3v) is 15.0. The van der Waals surface area contributed by atoms with Gasteiger partial charge >= 0.3 is 5.97 Å². The molecule has 7 aliphatic rings. The van der Waals surface area contributed by atoms with Crippen LogP contribution in [0.25, 0.3) is 0 Å². The first-order chi connectivity index (χ1) is 26.4. The Kier molecular flexibility index (Phi) is 11.9. The molecule has 1 unspecified atom stereocenters. The first kappa shape index (κ1) is 42.7. The van der Waals surface area contributed by atoms with Crippen LogP contribution in [0.1, 0.15) is 71.6 Å². The van der Waals surface area contributed by atoms with E-state index in [4.69, 9.17) is 28.4 Å². The zero-order chi connectivity index (χ0) is 40.7. The van der Waals surface area contributed by atoms with E-state index >= 15 is 0 Å². The van der Waals surface area contributed by atoms with Crippen molar-refractivity contribution in [3.63, 3.8) is 0 Å². The lowest BCUT2D eigenvalue weighted by molar-refractivity contribution is -0.369. The molecule has 0 radical (unpaired) electrons. The highest BCUT2D eigenvalue weighted by Crippen LogP contribution is 2.73. The van der Waals surface area contributed by atoms with Gasteiger partial charge in [0.2, 0.25) is 6.29 Å². The zero-order valence-corrected chi connectivity index (χ0v) is 31.8. The van der Waals surface area contributed by atoms with Crippen LogP contribution in [0.3, 0.4) is 0 Å². The molecule has 1 spiro atoms. The number of carbonyl (C=O) groups excluding carboxylic acids is 1. The molecule has 0 aromatic heterocycles. The van der Waals surface area contributed by atoms with Gasteiger partial charge in [-0.25, -0.2) is 0 Å². The highest BCUT2D eigenvalue weighted by molar-refractivity contribution is 5.77. The van der Waals surface area contributed by atoms with E-state index < -0.39 is 129 Å². The highest BCUT2D eigenvalue weighted by atomic mass is 16.7. The largest absolute Gasteiger partial charge is 0.432 e. The predicted molar refractivity (Wildman–Crippen MR) is 186 cm³/mol. The molecule has 11 N–H and O–H groups in total. The Labute approximate surface area is 324 Å². The van der Waals surface area contributed by atoms with Crippen molar-refractivity contribution in [1.29, 1.82) is 0 Å². The van der Waals surface area contributed by atoms with Gasteiger partial charge in [0.25, 0.3) is 0 Å². The molecule has 4 aliphatic carbocycles. The van der Waals surface area contributed by atoms with Crippen LogP contribution in [0.15, 0.2) is 12.2 Å². The number of esters is 1. The Bertz CT molecular complexity index is 1450. The fourth-order valence-corrected chi connectivity index (χ4v) is 12.0. The lowest BCUT2D eigenvalue weighted by Crippen LogP contribution is -2.65. The second kappa shape index (κ2) is 15.6. The molecule has 2 bridgehead atoms. The Balaban J connectivity index is 1.07. The van der Waals surface area contributed by atoms with Crippen molar-refractivity contribution >= 4 is 5.97 Å². The molecular weight excluding hydrogens is 744 g/mol. The molecule has 0 aromatic rings. The van der Waals surface area contributed by atoms with Gasteiger partial charge in [-0.2, -0.15) is 0 Å². The summed E-state index contributed by atoms with van der Waals surface area (Å²) in [5.74, 6) is -0.562. The summed E-state index contributed by atoms with van der Waals surface area (Å²) in [6.45, 7) is 6.50. The van der Waals surface area contributed by atoms with Crippen LogP contribution in [0.5, 0.6) is 0 Å². The van der Waals surface area contributed by atoms with Crippen LogP contribution in [0.2, 0.25) is 0 Å². The maximum atomic E-state index is 14.1. The monoisotopic (exact) mass is 804 g/mol. The molecule has 18 heteroatoms. The minimum absolute atomic E-state index is 0.116. The molecule has 21 atom stereocenters. The normalized spacial score (nSPS) is 54.6. The molecule has 320 valence electrons. The second-order valence-corrected chi connectivity index (χ2v) is 18.0. The van der Waals surface area contributed by atoms with Crippen molar-refractivity contribution in [1.82, 2.24) is 0 Å². The third kappa shape index (κ3) is 6.69. The molecule has 3 aliphatic heterocycles. The number of fused-ring (bicyclic) bond motifs is 3. The molecule has 0 aromatic carbocycles. The summed E-state index contributed by atoms with van der Waals surface area (Å²) in [7, 11) is 0. The molecule has 7 fully saturated rings. The van der Waals surface area contributed by atoms with Crippen molar-refractivity contribution in [2.75, 3.05) is 19.8 Å². The Morgan fingerprint density at radius 2 is 1.23 bits per heavy atom. The summed E-state index contributed by atoms with van der Waals surface area (Å²) < 4.78 is 35.1. The topological polar surface area (TPSA) is 295 Å². The second-order valence-electron chi connectivity index (χ2n) is 18.0. The number of ether oxygens (including phenoxy) is 6. The Morgan fingerprint density at radius 1 is 0.679 bits per heavy atom. The van der Waals surface area contributed by atoms with Crippen LogP contribution in [0.4, 0.5) is 0 Å². The number of hydrogen-bond donors (Lipinski definition) is 11. The molecule has 7 rings (SSSR count). The van der Waals surface area contributed by atoms with Crippen LogP contribution in [-0.2, 0) is 33.2 Å². The van der Waals surface area contributed by atoms with Crippen LogP contribution < -0.4 is 0 Å². The SMILES string of the molecule is C=C1C[C@]23CC[C@H]4C(C)(C(=O)O[C@@H]5O[C@H](CO)[C@@H](O)[C@H](O)[C@H]5O)CCC[C@]4(C)[C@H]2CC[C@]1(O[C@@H]1O[C@H](CO)[C@@H](O)[C@H](O[C@@H]2O[C@H](CO)[C@@H](O)[C@H](O)[C@H]2O)[C@H]1O)C3. The van der Waals surface area contributed by atoms with E-state index in [9.17, 15) is 61.0 Å². The molecule has 3 heterocycles. The summed E-state index contributed by atoms with van der Waals surface area (Å²) in [6.07, 6.45) is -17.7. The van der Waals surface area contributed by atoms with Crippen LogP contribution >= 0.6 is 0 Å². The Morgan fingerprint density at radius 3 is 1.86 bits per heavy atom. The standard InChI is InChI=1S/C38H60O18/c1-16-11-37-9-5-20-35(2,7-4-8-36(20,3)34(50)55-32-28(48)26(46)23(43)18(13-40)52-32)21(37)6-10-38(16,15-37)56-33-29(49)30(24(44)19(14-41)53-33)54-31-27(47)25(45)22(42)17(12-39)51-31/h17-33,39-49H,1,4-15H2,2-3H3/t17-,18-,19-,20-,21-,22-,23-,24-,25+,26+,27-,28-,29-,30+,31+,32+,33+,35+,36?,37+,38+/m1/s1. The van der Waals surface area contributed by atoms with Crippen LogP contribution in [0, 0.1) is 28.1 Å². The number of aliphatic hydroxyl groups is 11. The van der Waals surface area contributed by atoms with E-state index in [-0.39, 0.29) is 22.7 Å². The summed E-state index contributed by atoms with van der Waals surface area (Å²) in [5, 5.41) is 114. The van der Waals surface area contributed by atoms with Gasteiger partial charge in [-0.3, -0.25) is 4.79 Å². The number of carbonyl (C=O) groups is 1. The van der Waals surface area contributed by atoms with E-state index in [0.717, 1.165) is 24.8 Å². The van der Waals surface area contributed by atoms with Gasteiger partial charge in [-0.15, -0.1) is 0 Å². The predicted octanol–water partition coefficient (Wildman–Crippen LogP) is -2.94. The van der Waals surface area contributed by atoms with Gasteiger partial charge in [-0.1, -0.05) is 19.9 Å². The average molecular weight is 805 g/mol. The highest BCUT2D eigenvalue weighted by Gasteiger charge is 2.69. The molecular formula is C38H60O18. The van der Waals surface area contributed by atoms with E-state index in [1.165, 1.54) is 0 Å². The van der Waals surface area contributed by atoms with Crippen molar-refractivity contribution in [2.45, 2.75) is 169 Å². The molecule has 4 saturated carbocycles. The van der Waals surface area contributed by atoms with Crippen LogP contribution in [-0.4, -0.2) is 180 Å². The quantitative estimate of drug-likeness (QED) is 0.0631. The van der Waals surface area contributed by atoms with Crippen molar-refractivity contribution in [3.05, 3.63) is 12.2 Å². The summed E-state index contributed by atoms with van der Waals surface area (Å²) in [6, 6.07) is 0. The van der Waals surface area contributed by atoms with Gasteiger partial charge in [0.15, 0.2) is 12.6 Å². The van der Waals surface area contributed by atoms with E-state index in [1.54, 1.807) is 0 Å². The maximum absolute atomic E-state index is 14.1. The summed E-state index contributed by atoms with van der Waals surface area (Å²) in [4.78, 5) is 14.1. The zero-order valence-electron chi connectivity index (χ0n) is 31.8. The first-order valence-corrected chi connectivity index (χ1v) is 19.9. The Hall–Kier alpha value is -1.43. The van der Waals surface area contributed by atoms with Gasteiger partial charge in [0, 0.05) is 0 Å². The van der Waals surface area contributed by atoms with Gasteiger partial charge in [0.05, 0.1) is 30.8 Å². The van der Waals surface area contributed by atoms with Crippen molar-refractivity contribution < 1.29 is 89.4 Å². The molecule has 0 amide bonds. The fraction of sp³-hybridized carbons (Fsp3) is 0.921. The molecule has 56 heavy (non-hydrogen) atoms. The fourth-order valence-electron chi connectivity index (χ4n) is 12.0. The van der Waals surface area contributed by atoms with E-state index in [0.29, 0.717) is 38.5 Å². The van der Waals surface area contributed by atoms with E-state index in [1.807, 2.05) is 6.92 Å². The van der Waals surface area contributed by atoms with Gasteiger partial charge in [0.1, 0.15) is 73.2 Å². The number of aliphatic hydroxyl groups excluding tert-OH is 11. The van der Waals surface area contributed by atoms with Crippen molar-refractivity contribution in [2.24, 2.45) is 28.1 Å². The summed E-state index contributed by atoms with van der Waals surface area (Å²) in [5.41, 5.74) is -1.72. The third-order valence-electron chi connectivity index (χ3n) is 15.0. The first-order valence-electron chi connectivity index (χ1n) is 19.9. The minimum atomic E-state index is -1.81. The molecule has 18 nitrogen and oxygen atoms in total. The average Bonchev–Trinajstić information content (AvgIpc) is 3.37. The lowest BCUT2D eigenvalue weighted by Gasteiger charge is -2.64. The minimum Gasteiger partial charge on any atom is -0.432 e. The van der Waals surface area contributed by atoms with Gasteiger partial charge in [-0.05, 0) is 86.5 Å². The number of rotatable bonds is 9. The van der Waals surface area contributed by atoms with Gasteiger partial charge < -0.3 is 84.6 Å².